The molecule has 2 aromatic carbocycles. The summed E-state index contributed by atoms with van der Waals surface area (Å²) in [4.78, 5) is 14.5. The Labute approximate surface area is 140 Å². The average Bonchev–Trinajstić information content (AvgIpc) is 3.40. The lowest BCUT2D eigenvalue weighted by molar-refractivity contribution is -0.133. The molecule has 4 nitrogen and oxygen atoms in total. The number of hydrogen-bond donors (Lipinski definition) is 1. The van der Waals surface area contributed by atoms with E-state index in [1.165, 1.54) is 22.0 Å². The first-order valence-corrected chi connectivity index (χ1v) is 8.64. The highest BCUT2D eigenvalue weighted by molar-refractivity contribution is 5.96. The van der Waals surface area contributed by atoms with E-state index in [1.54, 1.807) is 0 Å². The van der Waals surface area contributed by atoms with Crippen LogP contribution in [0, 0.1) is 5.92 Å². The molecule has 0 atom stereocenters. The van der Waals surface area contributed by atoms with Gasteiger partial charge in [0.2, 0.25) is 5.91 Å². The maximum atomic E-state index is 12.4. The molecule has 1 aromatic heterocycles. The highest BCUT2D eigenvalue weighted by atomic mass is 16.2. The lowest BCUT2D eigenvalue weighted by atomic mass is 9.96. The van der Waals surface area contributed by atoms with Crippen molar-refractivity contribution in [3.8, 4) is 11.3 Å². The van der Waals surface area contributed by atoms with Crippen molar-refractivity contribution >= 4 is 16.7 Å². The van der Waals surface area contributed by atoms with Crippen molar-refractivity contribution in [3.63, 3.8) is 0 Å². The molecule has 1 saturated carbocycles. The molecule has 120 valence electrons. The number of amides is 1. The minimum Gasteiger partial charge on any atom is -0.338 e. The van der Waals surface area contributed by atoms with E-state index in [2.05, 4.69) is 52.7 Å². The Balaban J connectivity index is 1.58. The van der Waals surface area contributed by atoms with Crippen LogP contribution in [0.4, 0.5) is 0 Å². The van der Waals surface area contributed by atoms with Gasteiger partial charge in [-0.05, 0) is 23.6 Å². The summed E-state index contributed by atoms with van der Waals surface area (Å²) in [7, 11) is 0. The summed E-state index contributed by atoms with van der Waals surface area (Å²) >= 11 is 0. The molecule has 24 heavy (non-hydrogen) atoms. The molecule has 3 aromatic rings. The minimum atomic E-state index is 0.277. The molecule has 0 radical (unpaired) electrons. The highest BCUT2D eigenvalue weighted by Crippen LogP contribution is 2.36. The van der Waals surface area contributed by atoms with Crippen molar-refractivity contribution in [3.05, 3.63) is 53.7 Å². The van der Waals surface area contributed by atoms with Gasteiger partial charge >= 0.3 is 0 Å². The third kappa shape index (κ3) is 2.13. The summed E-state index contributed by atoms with van der Waals surface area (Å²) in [6, 6.07) is 14.7. The Morgan fingerprint density at radius 2 is 1.96 bits per heavy atom. The second-order valence-corrected chi connectivity index (χ2v) is 6.84. The van der Waals surface area contributed by atoms with Crippen molar-refractivity contribution in [1.29, 1.82) is 0 Å². The van der Waals surface area contributed by atoms with E-state index in [9.17, 15) is 4.79 Å². The van der Waals surface area contributed by atoms with E-state index < -0.39 is 0 Å². The van der Waals surface area contributed by atoms with Gasteiger partial charge in [-0.25, -0.2) is 0 Å². The lowest BCUT2D eigenvalue weighted by Crippen LogP contribution is -2.36. The largest absolute Gasteiger partial charge is 0.338 e. The Morgan fingerprint density at radius 1 is 1.12 bits per heavy atom. The topological polar surface area (TPSA) is 49.0 Å². The number of aromatic nitrogens is 2. The molecule has 0 saturated heterocycles. The van der Waals surface area contributed by atoms with Crippen LogP contribution in [-0.2, 0) is 17.8 Å². The quantitative estimate of drug-likeness (QED) is 0.786. The van der Waals surface area contributed by atoms with E-state index in [0.29, 0.717) is 12.5 Å². The number of benzene rings is 2. The van der Waals surface area contributed by atoms with E-state index in [1.807, 2.05) is 4.90 Å². The second kappa shape index (κ2) is 5.20. The number of nitrogens with one attached hydrogen (secondary N) is 1. The zero-order chi connectivity index (χ0) is 16.1. The summed E-state index contributed by atoms with van der Waals surface area (Å²) in [5.74, 6) is 0.602. The SMILES string of the molecule is O=C(C1CC1)N1CCc2[nH]nc(-c3cccc4ccccc34)c2C1. The van der Waals surface area contributed by atoms with Crippen molar-refractivity contribution < 1.29 is 4.79 Å². The van der Waals surface area contributed by atoms with E-state index in [4.69, 9.17) is 0 Å². The number of carbonyl (C=O) groups excluding carboxylic acids is 1. The number of fused-ring (bicyclic) bond motifs is 2. The first-order chi connectivity index (χ1) is 11.8. The molecular formula is C20H19N3O. The number of nitrogens with zero attached hydrogens (tertiary/aromatic N) is 2. The summed E-state index contributed by atoms with van der Waals surface area (Å²) in [6.45, 7) is 1.49. The molecule has 1 amide bonds. The average molecular weight is 317 g/mol. The number of H-pyrrole nitrogens is 1. The standard InChI is InChI=1S/C20H19N3O/c24-20(14-8-9-14)23-11-10-18-17(12-23)19(22-21-18)16-7-3-5-13-4-1-2-6-15(13)16/h1-7,14H,8-12H2,(H,21,22). The summed E-state index contributed by atoms with van der Waals surface area (Å²) in [5.41, 5.74) is 4.51. The lowest BCUT2D eigenvalue weighted by Gasteiger charge is -2.27. The molecule has 1 fully saturated rings. The van der Waals surface area contributed by atoms with Crippen LogP contribution in [0.25, 0.3) is 22.0 Å². The van der Waals surface area contributed by atoms with Crippen LogP contribution in [0.3, 0.4) is 0 Å². The van der Waals surface area contributed by atoms with Crippen LogP contribution >= 0.6 is 0 Å². The van der Waals surface area contributed by atoms with Gasteiger partial charge in [0.1, 0.15) is 0 Å². The predicted octanol–water partition coefficient (Wildman–Crippen LogP) is 3.52. The molecule has 0 spiro atoms. The van der Waals surface area contributed by atoms with Crippen LogP contribution in [0.1, 0.15) is 24.1 Å². The van der Waals surface area contributed by atoms with Gasteiger partial charge in [-0.15, -0.1) is 0 Å². The Morgan fingerprint density at radius 3 is 2.83 bits per heavy atom. The van der Waals surface area contributed by atoms with E-state index in [-0.39, 0.29) is 5.92 Å². The first-order valence-electron chi connectivity index (χ1n) is 8.64. The molecule has 1 aliphatic carbocycles. The minimum absolute atomic E-state index is 0.277. The predicted molar refractivity (Wildman–Crippen MR) is 93.4 cm³/mol. The number of carbonyl (C=O) groups is 1. The third-order valence-corrected chi connectivity index (χ3v) is 5.22. The van der Waals surface area contributed by atoms with Crippen LogP contribution in [0.5, 0.6) is 0 Å². The molecule has 2 heterocycles. The summed E-state index contributed by atoms with van der Waals surface area (Å²) in [5, 5.41) is 10.2. The zero-order valence-corrected chi connectivity index (χ0v) is 13.5. The fraction of sp³-hybridized carbons (Fsp3) is 0.300. The summed E-state index contributed by atoms with van der Waals surface area (Å²) < 4.78 is 0. The van der Waals surface area contributed by atoms with E-state index in [0.717, 1.165) is 37.1 Å². The molecule has 0 unspecified atom stereocenters. The fourth-order valence-corrected chi connectivity index (χ4v) is 3.73. The normalized spacial score (nSPS) is 17.1. The summed E-state index contributed by atoms with van der Waals surface area (Å²) in [6.07, 6.45) is 2.99. The van der Waals surface area contributed by atoms with E-state index >= 15 is 0 Å². The van der Waals surface area contributed by atoms with Gasteiger partial charge in [-0.1, -0.05) is 42.5 Å². The van der Waals surface area contributed by atoms with Gasteiger partial charge in [0.25, 0.3) is 0 Å². The van der Waals surface area contributed by atoms with Gasteiger partial charge in [0.15, 0.2) is 0 Å². The van der Waals surface area contributed by atoms with Gasteiger partial charge in [-0.3, -0.25) is 9.89 Å². The van der Waals surface area contributed by atoms with Crippen molar-refractivity contribution in [2.24, 2.45) is 5.92 Å². The van der Waals surface area contributed by atoms with Crippen LogP contribution in [0.15, 0.2) is 42.5 Å². The number of aromatic amines is 1. The molecule has 5 rings (SSSR count). The van der Waals surface area contributed by atoms with Crippen molar-refractivity contribution in [2.45, 2.75) is 25.8 Å². The van der Waals surface area contributed by atoms with Gasteiger partial charge in [0.05, 0.1) is 5.69 Å². The van der Waals surface area contributed by atoms with Crippen molar-refractivity contribution in [1.82, 2.24) is 15.1 Å². The molecular weight excluding hydrogens is 298 g/mol. The van der Waals surface area contributed by atoms with Crippen LogP contribution in [-0.4, -0.2) is 27.5 Å². The van der Waals surface area contributed by atoms with Gasteiger partial charge in [-0.2, -0.15) is 5.10 Å². The number of hydrogen-bond acceptors (Lipinski definition) is 2. The first kappa shape index (κ1) is 13.8. The maximum Gasteiger partial charge on any atom is 0.225 e. The molecule has 0 bridgehead atoms. The highest BCUT2D eigenvalue weighted by Gasteiger charge is 2.35. The van der Waals surface area contributed by atoms with Gasteiger partial charge < -0.3 is 4.90 Å². The Bertz CT molecular complexity index is 934. The Hall–Kier alpha value is -2.62. The molecule has 1 N–H and O–H groups in total. The van der Waals surface area contributed by atoms with Gasteiger partial charge in [0, 0.05) is 42.2 Å². The number of rotatable bonds is 2. The van der Waals surface area contributed by atoms with Crippen molar-refractivity contribution in [2.75, 3.05) is 6.54 Å². The van der Waals surface area contributed by atoms with Crippen LogP contribution < -0.4 is 0 Å². The molecule has 2 aliphatic rings. The second-order valence-electron chi connectivity index (χ2n) is 6.84. The zero-order valence-electron chi connectivity index (χ0n) is 13.5. The maximum absolute atomic E-state index is 12.4. The fourth-order valence-electron chi connectivity index (χ4n) is 3.73. The van der Waals surface area contributed by atoms with Crippen LogP contribution in [0.2, 0.25) is 0 Å². The monoisotopic (exact) mass is 317 g/mol. The molecule has 4 heteroatoms. The molecule has 1 aliphatic heterocycles. The Kier molecular flexibility index (Phi) is 2.98. The third-order valence-electron chi connectivity index (χ3n) is 5.22. The smallest absolute Gasteiger partial charge is 0.225 e.